The summed E-state index contributed by atoms with van der Waals surface area (Å²) < 4.78 is 35.8. The van der Waals surface area contributed by atoms with E-state index in [-0.39, 0.29) is 33.9 Å². The van der Waals surface area contributed by atoms with Gasteiger partial charge >= 0.3 is 10.1 Å². The fourth-order valence-electron chi connectivity index (χ4n) is 3.79. The van der Waals surface area contributed by atoms with Crippen LogP contribution in [0, 0.1) is 0 Å². The summed E-state index contributed by atoms with van der Waals surface area (Å²) in [6.07, 6.45) is 1.59. The number of imide groups is 1. The number of fused-ring (bicyclic) bond motifs is 1. The second-order valence-corrected chi connectivity index (χ2v) is 10.6. The Hall–Kier alpha value is -4.08. The zero-order chi connectivity index (χ0) is 25.8. The molecule has 9 heteroatoms. The molecule has 0 aromatic heterocycles. The fraction of sp³-hybridized carbons (Fsp3) is 0.0714. The van der Waals surface area contributed by atoms with Crippen LogP contribution in [0.25, 0.3) is 16.8 Å². The third kappa shape index (κ3) is 5.52. The van der Waals surface area contributed by atoms with E-state index in [1.807, 2.05) is 42.5 Å². The number of rotatable bonds is 8. The molecule has 1 heterocycles. The molecule has 0 N–H and O–H groups in total. The normalized spacial score (nSPS) is 14.9. The Labute approximate surface area is 218 Å². The molecular formula is C28H21NO6S2. The van der Waals surface area contributed by atoms with Crippen molar-refractivity contribution >= 4 is 49.9 Å². The van der Waals surface area contributed by atoms with Gasteiger partial charge in [-0.15, -0.1) is 0 Å². The minimum Gasteiger partial charge on any atom is -0.491 e. The van der Waals surface area contributed by atoms with Crippen LogP contribution in [0.1, 0.15) is 5.56 Å². The molecule has 0 saturated carbocycles. The predicted molar refractivity (Wildman–Crippen MR) is 143 cm³/mol. The van der Waals surface area contributed by atoms with Gasteiger partial charge in [-0.3, -0.25) is 14.5 Å². The average molecular weight is 532 g/mol. The number of ether oxygens (including phenoxy) is 1. The van der Waals surface area contributed by atoms with Gasteiger partial charge in [0.2, 0.25) is 0 Å². The van der Waals surface area contributed by atoms with Gasteiger partial charge in [-0.25, -0.2) is 0 Å². The molecule has 0 bridgehead atoms. The summed E-state index contributed by atoms with van der Waals surface area (Å²) in [4.78, 5) is 26.8. The van der Waals surface area contributed by atoms with Crippen LogP contribution >= 0.6 is 11.8 Å². The van der Waals surface area contributed by atoms with Crippen molar-refractivity contribution in [2.75, 3.05) is 13.2 Å². The first kappa shape index (κ1) is 24.6. The van der Waals surface area contributed by atoms with E-state index in [0.29, 0.717) is 11.3 Å². The first-order chi connectivity index (χ1) is 17.9. The minimum absolute atomic E-state index is 0.0529. The van der Waals surface area contributed by atoms with E-state index in [1.54, 1.807) is 36.4 Å². The van der Waals surface area contributed by atoms with Gasteiger partial charge in [-0.05, 0) is 59.1 Å². The third-order valence-electron chi connectivity index (χ3n) is 5.61. The fourth-order valence-corrected chi connectivity index (χ4v) is 5.61. The molecule has 0 radical (unpaired) electrons. The van der Waals surface area contributed by atoms with Gasteiger partial charge in [0, 0.05) is 5.39 Å². The SMILES string of the molecule is O=C1S/C(=C\c2ccc(OS(=O)(=O)c3ccccc3)cc2)C(=O)N1CCOc1cccc2ccccc12. The number of carbonyl (C=O) groups is 2. The van der Waals surface area contributed by atoms with Crippen LogP contribution in [0.2, 0.25) is 0 Å². The molecule has 1 saturated heterocycles. The topological polar surface area (TPSA) is 90.0 Å². The highest BCUT2D eigenvalue weighted by atomic mass is 32.2. The lowest BCUT2D eigenvalue weighted by Crippen LogP contribution is -2.32. The summed E-state index contributed by atoms with van der Waals surface area (Å²) in [6.45, 7) is 0.288. The maximum Gasteiger partial charge on any atom is 0.339 e. The maximum absolute atomic E-state index is 12.8. The van der Waals surface area contributed by atoms with Gasteiger partial charge in [0.15, 0.2) is 0 Å². The minimum atomic E-state index is -3.95. The first-order valence-corrected chi connectivity index (χ1v) is 13.6. The van der Waals surface area contributed by atoms with Crippen LogP contribution in [-0.2, 0) is 14.9 Å². The Balaban J connectivity index is 1.22. The van der Waals surface area contributed by atoms with E-state index in [9.17, 15) is 18.0 Å². The van der Waals surface area contributed by atoms with Gasteiger partial charge in [0.25, 0.3) is 11.1 Å². The summed E-state index contributed by atoms with van der Waals surface area (Å²) in [5.74, 6) is 0.431. The van der Waals surface area contributed by atoms with Crippen LogP contribution < -0.4 is 8.92 Å². The van der Waals surface area contributed by atoms with Crippen LogP contribution in [-0.4, -0.2) is 37.6 Å². The highest BCUT2D eigenvalue weighted by Gasteiger charge is 2.34. The third-order valence-corrected chi connectivity index (χ3v) is 7.78. The second kappa shape index (κ2) is 10.5. The molecule has 2 amide bonds. The monoisotopic (exact) mass is 531 g/mol. The molecule has 1 aliphatic heterocycles. The van der Waals surface area contributed by atoms with Crippen LogP contribution in [0.3, 0.4) is 0 Å². The van der Waals surface area contributed by atoms with Crippen molar-refractivity contribution in [1.29, 1.82) is 0 Å². The van der Waals surface area contributed by atoms with Crippen LogP contribution in [0.4, 0.5) is 4.79 Å². The molecule has 37 heavy (non-hydrogen) atoms. The molecule has 1 fully saturated rings. The van der Waals surface area contributed by atoms with Crippen molar-refractivity contribution < 1.29 is 26.9 Å². The average Bonchev–Trinajstić information content (AvgIpc) is 3.17. The zero-order valence-electron chi connectivity index (χ0n) is 19.4. The molecule has 4 aromatic carbocycles. The van der Waals surface area contributed by atoms with E-state index in [4.69, 9.17) is 8.92 Å². The quantitative estimate of drug-likeness (QED) is 0.212. The summed E-state index contributed by atoms with van der Waals surface area (Å²) in [6, 6.07) is 27.6. The Morgan fingerprint density at radius 1 is 0.811 bits per heavy atom. The van der Waals surface area contributed by atoms with Crippen LogP contribution in [0.15, 0.2) is 107 Å². The first-order valence-electron chi connectivity index (χ1n) is 11.4. The van der Waals surface area contributed by atoms with Gasteiger partial charge in [-0.2, -0.15) is 8.42 Å². The van der Waals surface area contributed by atoms with Gasteiger partial charge in [0.1, 0.15) is 23.0 Å². The van der Waals surface area contributed by atoms with Crippen molar-refractivity contribution in [1.82, 2.24) is 4.90 Å². The Bertz CT molecular complexity index is 1590. The molecule has 1 aliphatic rings. The smallest absolute Gasteiger partial charge is 0.339 e. The van der Waals surface area contributed by atoms with Crippen molar-refractivity contribution in [2.24, 2.45) is 0 Å². The Kier molecular flexibility index (Phi) is 6.98. The summed E-state index contributed by atoms with van der Waals surface area (Å²) >= 11 is 0.853. The number of hydrogen-bond acceptors (Lipinski definition) is 7. The largest absolute Gasteiger partial charge is 0.491 e. The molecule has 4 aromatic rings. The highest BCUT2D eigenvalue weighted by molar-refractivity contribution is 8.18. The van der Waals surface area contributed by atoms with Gasteiger partial charge in [0.05, 0.1) is 11.4 Å². The summed E-state index contributed by atoms with van der Waals surface area (Å²) in [5, 5.41) is 1.64. The number of thioether (sulfide) groups is 1. The lowest BCUT2D eigenvalue weighted by atomic mass is 10.1. The zero-order valence-corrected chi connectivity index (χ0v) is 21.1. The van der Waals surface area contributed by atoms with Crippen LogP contribution in [0.5, 0.6) is 11.5 Å². The lowest BCUT2D eigenvalue weighted by molar-refractivity contribution is -0.123. The number of benzene rings is 4. The molecule has 0 atom stereocenters. The lowest BCUT2D eigenvalue weighted by Gasteiger charge is -2.14. The van der Waals surface area contributed by atoms with Crippen molar-refractivity contribution in [3.63, 3.8) is 0 Å². The van der Waals surface area contributed by atoms with E-state index >= 15 is 0 Å². The number of hydrogen-bond donors (Lipinski definition) is 0. The van der Waals surface area contributed by atoms with E-state index in [0.717, 1.165) is 27.4 Å². The van der Waals surface area contributed by atoms with Crippen molar-refractivity contribution in [2.45, 2.75) is 4.90 Å². The number of carbonyl (C=O) groups excluding carboxylic acids is 2. The molecule has 0 spiro atoms. The van der Waals surface area contributed by atoms with Gasteiger partial charge in [-0.1, -0.05) is 66.7 Å². The summed E-state index contributed by atoms with van der Waals surface area (Å²) in [7, 11) is -3.95. The van der Waals surface area contributed by atoms with Crippen molar-refractivity contribution in [3.8, 4) is 11.5 Å². The molecule has 7 nitrogen and oxygen atoms in total. The molecule has 0 unspecified atom stereocenters. The summed E-state index contributed by atoms with van der Waals surface area (Å²) in [5.41, 5.74) is 0.627. The Morgan fingerprint density at radius 3 is 2.30 bits per heavy atom. The molecular weight excluding hydrogens is 510 g/mol. The molecule has 186 valence electrons. The molecule has 5 rings (SSSR count). The van der Waals surface area contributed by atoms with E-state index in [2.05, 4.69) is 0 Å². The van der Waals surface area contributed by atoms with Crippen molar-refractivity contribution in [3.05, 3.63) is 108 Å². The van der Waals surface area contributed by atoms with Gasteiger partial charge < -0.3 is 8.92 Å². The number of nitrogens with zero attached hydrogens (tertiary/aromatic N) is 1. The van der Waals surface area contributed by atoms with E-state index in [1.165, 1.54) is 24.3 Å². The van der Waals surface area contributed by atoms with E-state index < -0.39 is 16.0 Å². The second-order valence-electron chi connectivity index (χ2n) is 8.08. The maximum atomic E-state index is 12.8. The number of amides is 2. The Morgan fingerprint density at radius 2 is 1.51 bits per heavy atom. The molecule has 0 aliphatic carbocycles. The highest BCUT2D eigenvalue weighted by Crippen LogP contribution is 2.33. The standard InChI is InChI=1S/C28H21NO6S2/c30-27-26(19-20-13-15-22(16-14-20)35-37(32,33)23-9-2-1-3-10-23)36-28(31)29(27)17-18-34-25-12-6-8-21-7-4-5-11-24(21)25/h1-16,19H,17-18H2/b26-19-. The predicted octanol–water partition coefficient (Wildman–Crippen LogP) is 5.72.